The third-order valence-corrected chi connectivity index (χ3v) is 3.66. The number of anilines is 2. The molecule has 122 valence electrons. The molecule has 0 aliphatic carbocycles. The van der Waals surface area contributed by atoms with Gasteiger partial charge in [0.05, 0.1) is 23.1 Å². The first-order valence-electron chi connectivity index (χ1n) is 7.93. The van der Waals surface area contributed by atoms with Gasteiger partial charge in [0.25, 0.3) is 5.91 Å². The number of aryl methyl sites for hydroxylation is 2. The number of pyridine rings is 1. The van der Waals surface area contributed by atoms with E-state index in [1.165, 1.54) is 0 Å². The highest BCUT2D eigenvalue weighted by atomic mass is 16.1. The molecule has 0 saturated heterocycles. The highest BCUT2D eigenvalue weighted by Crippen LogP contribution is 2.15. The van der Waals surface area contributed by atoms with Crippen LogP contribution in [0.4, 0.5) is 11.5 Å². The minimum atomic E-state index is -0.209. The number of nitrogens with one attached hydrogen (secondary N) is 1. The minimum Gasteiger partial charge on any atom is -0.357 e. The number of carbonyl (C=O) groups excluding carboxylic acids is 1. The summed E-state index contributed by atoms with van der Waals surface area (Å²) in [4.78, 5) is 27.4. The van der Waals surface area contributed by atoms with E-state index in [9.17, 15) is 4.79 Å². The first-order valence-corrected chi connectivity index (χ1v) is 7.93. The highest BCUT2D eigenvalue weighted by molar-refractivity contribution is 6.04. The van der Waals surface area contributed by atoms with Gasteiger partial charge in [0.15, 0.2) is 0 Å². The molecule has 2 heterocycles. The SMILES string of the molecule is CCc1nc(C)ncc1C(=O)Nc1ccc(N(CC)CC)nc1. The third kappa shape index (κ3) is 4.03. The summed E-state index contributed by atoms with van der Waals surface area (Å²) in [5.41, 5.74) is 1.92. The second-order valence-electron chi connectivity index (χ2n) is 5.16. The molecule has 1 N–H and O–H groups in total. The Balaban J connectivity index is 2.14. The number of rotatable bonds is 6. The zero-order valence-electron chi connectivity index (χ0n) is 14.1. The summed E-state index contributed by atoms with van der Waals surface area (Å²) in [5.74, 6) is 1.36. The second-order valence-corrected chi connectivity index (χ2v) is 5.16. The average molecular weight is 313 g/mol. The lowest BCUT2D eigenvalue weighted by molar-refractivity contribution is 0.102. The summed E-state index contributed by atoms with van der Waals surface area (Å²) in [6.45, 7) is 9.76. The fourth-order valence-electron chi connectivity index (χ4n) is 2.37. The molecule has 0 unspecified atom stereocenters. The van der Waals surface area contributed by atoms with E-state index in [4.69, 9.17) is 0 Å². The molecule has 0 aliphatic rings. The summed E-state index contributed by atoms with van der Waals surface area (Å²) in [6, 6.07) is 3.77. The van der Waals surface area contributed by atoms with Crippen molar-refractivity contribution < 1.29 is 4.79 Å². The fourth-order valence-corrected chi connectivity index (χ4v) is 2.37. The highest BCUT2D eigenvalue weighted by Gasteiger charge is 2.13. The third-order valence-electron chi connectivity index (χ3n) is 3.66. The number of nitrogens with zero attached hydrogens (tertiary/aromatic N) is 4. The maximum atomic E-state index is 12.4. The van der Waals surface area contributed by atoms with Crippen LogP contribution in [0.25, 0.3) is 0 Å². The van der Waals surface area contributed by atoms with E-state index in [1.54, 1.807) is 12.4 Å². The van der Waals surface area contributed by atoms with Crippen molar-refractivity contribution >= 4 is 17.4 Å². The van der Waals surface area contributed by atoms with Crippen LogP contribution in [0, 0.1) is 6.92 Å². The molecule has 6 heteroatoms. The molecule has 0 saturated carbocycles. The molecule has 0 aliphatic heterocycles. The number of carbonyl (C=O) groups is 1. The molecule has 0 fully saturated rings. The quantitative estimate of drug-likeness (QED) is 0.888. The summed E-state index contributed by atoms with van der Waals surface area (Å²) in [5, 5.41) is 2.85. The maximum Gasteiger partial charge on any atom is 0.259 e. The number of aromatic nitrogens is 3. The molecule has 1 amide bonds. The van der Waals surface area contributed by atoms with Gasteiger partial charge in [-0.1, -0.05) is 6.92 Å². The van der Waals surface area contributed by atoms with Crippen LogP contribution in [0.2, 0.25) is 0 Å². The Hall–Kier alpha value is -2.50. The predicted molar refractivity (Wildman–Crippen MR) is 91.9 cm³/mol. The molecule has 0 aromatic carbocycles. The standard InChI is InChI=1S/C17H23N5O/c1-5-15-14(11-18-12(4)20-15)17(23)21-13-8-9-16(19-10-13)22(6-2)7-3/h8-11H,5-7H2,1-4H3,(H,21,23). The van der Waals surface area contributed by atoms with Crippen molar-refractivity contribution in [2.24, 2.45) is 0 Å². The number of hydrogen-bond donors (Lipinski definition) is 1. The molecular weight excluding hydrogens is 290 g/mol. The van der Waals surface area contributed by atoms with E-state index >= 15 is 0 Å². The van der Waals surface area contributed by atoms with Crippen molar-refractivity contribution in [3.05, 3.63) is 41.6 Å². The van der Waals surface area contributed by atoms with Crippen LogP contribution in [0.3, 0.4) is 0 Å². The molecular formula is C17H23N5O. The van der Waals surface area contributed by atoms with Gasteiger partial charge >= 0.3 is 0 Å². The van der Waals surface area contributed by atoms with Crippen LogP contribution in [0.15, 0.2) is 24.5 Å². The van der Waals surface area contributed by atoms with Gasteiger partial charge in [-0.15, -0.1) is 0 Å². The lowest BCUT2D eigenvalue weighted by Crippen LogP contribution is -2.23. The van der Waals surface area contributed by atoms with Gasteiger partial charge in [0.1, 0.15) is 11.6 Å². The maximum absolute atomic E-state index is 12.4. The number of amides is 1. The average Bonchev–Trinajstić information content (AvgIpc) is 2.57. The van der Waals surface area contributed by atoms with E-state index in [0.29, 0.717) is 23.5 Å². The van der Waals surface area contributed by atoms with E-state index < -0.39 is 0 Å². The summed E-state index contributed by atoms with van der Waals surface area (Å²) in [7, 11) is 0. The van der Waals surface area contributed by atoms with Crippen LogP contribution in [-0.2, 0) is 6.42 Å². The minimum absolute atomic E-state index is 0.209. The van der Waals surface area contributed by atoms with E-state index in [2.05, 4.69) is 39.0 Å². The largest absolute Gasteiger partial charge is 0.357 e. The first-order chi connectivity index (χ1) is 11.1. The Morgan fingerprint density at radius 3 is 2.43 bits per heavy atom. The van der Waals surface area contributed by atoms with Crippen molar-refractivity contribution in [2.45, 2.75) is 34.1 Å². The first kappa shape index (κ1) is 16.9. The van der Waals surface area contributed by atoms with Crippen LogP contribution in [0.5, 0.6) is 0 Å². The van der Waals surface area contributed by atoms with Crippen molar-refractivity contribution in [1.82, 2.24) is 15.0 Å². The summed E-state index contributed by atoms with van der Waals surface area (Å²) in [6.07, 6.45) is 3.94. The zero-order valence-corrected chi connectivity index (χ0v) is 14.1. The Morgan fingerprint density at radius 2 is 1.87 bits per heavy atom. The number of hydrogen-bond acceptors (Lipinski definition) is 5. The monoisotopic (exact) mass is 313 g/mol. The van der Waals surface area contributed by atoms with Gasteiger partial charge in [0, 0.05) is 19.3 Å². The Labute approximate surface area is 137 Å². The van der Waals surface area contributed by atoms with E-state index in [0.717, 1.165) is 24.6 Å². The van der Waals surface area contributed by atoms with E-state index in [-0.39, 0.29) is 5.91 Å². The van der Waals surface area contributed by atoms with Crippen LogP contribution >= 0.6 is 0 Å². The summed E-state index contributed by atoms with van der Waals surface area (Å²) >= 11 is 0. The molecule has 2 aromatic rings. The van der Waals surface area contributed by atoms with Gasteiger partial charge in [-0.25, -0.2) is 15.0 Å². The molecule has 2 aromatic heterocycles. The Kier molecular flexibility index (Phi) is 5.62. The molecule has 0 spiro atoms. The normalized spacial score (nSPS) is 10.4. The lowest BCUT2D eigenvalue weighted by atomic mass is 10.1. The fraction of sp³-hybridized carbons (Fsp3) is 0.412. The van der Waals surface area contributed by atoms with Crippen LogP contribution in [0.1, 0.15) is 42.6 Å². The molecule has 23 heavy (non-hydrogen) atoms. The lowest BCUT2D eigenvalue weighted by Gasteiger charge is -2.19. The zero-order chi connectivity index (χ0) is 16.8. The Morgan fingerprint density at radius 1 is 1.13 bits per heavy atom. The molecule has 2 rings (SSSR count). The van der Waals surface area contributed by atoms with Gasteiger partial charge in [-0.3, -0.25) is 4.79 Å². The molecule has 0 bridgehead atoms. The van der Waals surface area contributed by atoms with Gasteiger partial charge in [-0.2, -0.15) is 0 Å². The van der Waals surface area contributed by atoms with Crippen molar-refractivity contribution in [1.29, 1.82) is 0 Å². The van der Waals surface area contributed by atoms with Crippen molar-refractivity contribution in [3.8, 4) is 0 Å². The van der Waals surface area contributed by atoms with Crippen LogP contribution in [-0.4, -0.2) is 33.9 Å². The predicted octanol–water partition coefficient (Wildman–Crippen LogP) is 2.84. The smallest absolute Gasteiger partial charge is 0.259 e. The summed E-state index contributed by atoms with van der Waals surface area (Å²) < 4.78 is 0. The topological polar surface area (TPSA) is 71.0 Å². The molecule has 6 nitrogen and oxygen atoms in total. The van der Waals surface area contributed by atoms with Gasteiger partial charge in [-0.05, 0) is 39.3 Å². The van der Waals surface area contributed by atoms with Gasteiger partial charge < -0.3 is 10.2 Å². The molecule has 0 atom stereocenters. The Bertz CT molecular complexity index is 665. The molecule has 0 radical (unpaired) electrons. The van der Waals surface area contributed by atoms with Crippen LogP contribution < -0.4 is 10.2 Å². The van der Waals surface area contributed by atoms with E-state index in [1.807, 2.05) is 26.0 Å². The van der Waals surface area contributed by atoms with Gasteiger partial charge in [0.2, 0.25) is 0 Å². The van der Waals surface area contributed by atoms with Crippen molar-refractivity contribution in [3.63, 3.8) is 0 Å². The second kappa shape index (κ2) is 7.67. The van der Waals surface area contributed by atoms with Crippen molar-refractivity contribution in [2.75, 3.05) is 23.3 Å².